The van der Waals surface area contributed by atoms with E-state index < -0.39 is 0 Å². The molecule has 0 radical (unpaired) electrons. The molecule has 1 unspecified atom stereocenters. The first-order valence-electron chi connectivity index (χ1n) is 6.45. The minimum absolute atomic E-state index is 0.209. The van der Waals surface area contributed by atoms with Gasteiger partial charge in [-0.3, -0.25) is 0 Å². The first-order chi connectivity index (χ1) is 9.11. The Labute approximate surface area is 118 Å². The molecular formula is C14H19ClN4. The molecule has 102 valence electrons. The van der Waals surface area contributed by atoms with Gasteiger partial charge >= 0.3 is 0 Å². The molecule has 0 bridgehead atoms. The highest BCUT2D eigenvalue weighted by Gasteiger charge is 2.16. The Morgan fingerprint density at radius 2 is 2.16 bits per heavy atom. The summed E-state index contributed by atoms with van der Waals surface area (Å²) in [4.78, 5) is 4.34. The van der Waals surface area contributed by atoms with Crippen LogP contribution in [0.25, 0.3) is 0 Å². The molecule has 0 saturated heterocycles. The highest BCUT2D eigenvalue weighted by atomic mass is 35.5. The van der Waals surface area contributed by atoms with Crippen molar-refractivity contribution in [1.82, 2.24) is 14.8 Å². The average Bonchev–Trinajstić information content (AvgIpc) is 2.84. The Balaban J connectivity index is 2.22. The van der Waals surface area contributed by atoms with Crippen LogP contribution < -0.4 is 5.73 Å². The number of rotatable bonds is 5. The summed E-state index contributed by atoms with van der Waals surface area (Å²) in [6.07, 6.45) is 2.37. The molecule has 0 aliphatic carbocycles. The van der Waals surface area contributed by atoms with Gasteiger partial charge in [-0.2, -0.15) is 5.10 Å². The number of nitrogens with two attached hydrogens (primary N) is 1. The van der Waals surface area contributed by atoms with Crippen LogP contribution in [0.5, 0.6) is 0 Å². The van der Waals surface area contributed by atoms with Crippen molar-refractivity contribution >= 4 is 11.6 Å². The van der Waals surface area contributed by atoms with E-state index in [2.05, 4.69) is 30.0 Å². The summed E-state index contributed by atoms with van der Waals surface area (Å²) < 4.78 is 1.94. The number of hydrogen-bond donors (Lipinski definition) is 1. The van der Waals surface area contributed by atoms with Gasteiger partial charge in [0.25, 0.3) is 0 Å². The van der Waals surface area contributed by atoms with Crippen LogP contribution in [-0.4, -0.2) is 21.3 Å². The predicted octanol–water partition coefficient (Wildman–Crippen LogP) is 2.80. The Morgan fingerprint density at radius 3 is 2.79 bits per heavy atom. The van der Waals surface area contributed by atoms with Crippen molar-refractivity contribution in [3.8, 4) is 0 Å². The lowest BCUT2D eigenvalue weighted by atomic mass is 9.95. The number of benzene rings is 1. The Bertz CT molecular complexity index is 536. The molecule has 1 aromatic carbocycles. The molecule has 0 fully saturated rings. The van der Waals surface area contributed by atoms with Gasteiger partial charge in [-0.1, -0.05) is 23.7 Å². The molecule has 2 aromatic rings. The molecule has 1 heterocycles. The molecule has 2 rings (SSSR count). The third-order valence-electron chi connectivity index (χ3n) is 3.17. The van der Waals surface area contributed by atoms with E-state index in [1.54, 1.807) is 6.33 Å². The van der Waals surface area contributed by atoms with Crippen LogP contribution >= 0.6 is 11.6 Å². The first-order valence-corrected chi connectivity index (χ1v) is 6.83. The largest absolute Gasteiger partial charge is 0.330 e. The SMILES string of the molecule is CC(C)n1ncnc1CC(CN)c1cccc(Cl)c1. The van der Waals surface area contributed by atoms with Crippen molar-refractivity contribution in [2.45, 2.75) is 32.2 Å². The Morgan fingerprint density at radius 1 is 1.37 bits per heavy atom. The van der Waals surface area contributed by atoms with Crippen LogP contribution in [-0.2, 0) is 6.42 Å². The van der Waals surface area contributed by atoms with Gasteiger partial charge in [-0.05, 0) is 38.1 Å². The summed E-state index contributed by atoms with van der Waals surface area (Å²) in [5.41, 5.74) is 7.04. The second kappa shape index (κ2) is 6.17. The molecule has 19 heavy (non-hydrogen) atoms. The van der Waals surface area contributed by atoms with Crippen LogP contribution in [0.3, 0.4) is 0 Å². The van der Waals surface area contributed by atoms with Crippen LogP contribution in [0, 0.1) is 0 Å². The van der Waals surface area contributed by atoms with Crippen molar-refractivity contribution < 1.29 is 0 Å². The van der Waals surface area contributed by atoms with Gasteiger partial charge in [-0.15, -0.1) is 0 Å². The smallest absolute Gasteiger partial charge is 0.138 e. The summed E-state index contributed by atoms with van der Waals surface area (Å²) in [6, 6.07) is 8.15. The second-order valence-corrected chi connectivity index (χ2v) is 5.34. The summed E-state index contributed by atoms with van der Waals surface area (Å²) >= 11 is 6.04. The number of nitrogens with zero attached hydrogens (tertiary/aromatic N) is 3. The average molecular weight is 279 g/mol. The van der Waals surface area contributed by atoms with Crippen LogP contribution in [0.15, 0.2) is 30.6 Å². The molecule has 0 aliphatic heterocycles. The van der Waals surface area contributed by atoms with E-state index >= 15 is 0 Å². The van der Waals surface area contributed by atoms with E-state index in [-0.39, 0.29) is 5.92 Å². The number of halogens is 1. The lowest BCUT2D eigenvalue weighted by molar-refractivity contribution is 0.492. The number of hydrogen-bond acceptors (Lipinski definition) is 3. The quantitative estimate of drug-likeness (QED) is 0.915. The summed E-state index contributed by atoms with van der Waals surface area (Å²) in [6.45, 7) is 4.75. The third-order valence-corrected chi connectivity index (χ3v) is 3.41. The summed E-state index contributed by atoms with van der Waals surface area (Å²) in [5.74, 6) is 1.17. The highest BCUT2D eigenvalue weighted by Crippen LogP contribution is 2.22. The Hall–Kier alpha value is -1.39. The minimum atomic E-state index is 0.209. The maximum Gasteiger partial charge on any atom is 0.138 e. The van der Waals surface area contributed by atoms with Crippen molar-refractivity contribution in [2.24, 2.45) is 5.73 Å². The van der Waals surface area contributed by atoms with Crippen molar-refractivity contribution in [1.29, 1.82) is 0 Å². The first kappa shape index (κ1) is 14.0. The summed E-state index contributed by atoms with van der Waals surface area (Å²) in [7, 11) is 0. The lowest BCUT2D eigenvalue weighted by Gasteiger charge is -2.17. The van der Waals surface area contributed by atoms with Crippen LogP contribution in [0.4, 0.5) is 0 Å². The predicted molar refractivity (Wildman–Crippen MR) is 77.4 cm³/mol. The zero-order valence-corrected chi connectivity index (χ0v) is 12.0. The molecular weight excluding hydrogens is 260 g/mol. The molecule has 1 atom stereocenters. The van der Waals surface area contributed by atoms with Gasteiger partial charge in [0.2, 0.25) is 0 Å². The fourth-order valence-corrected chi connectivity index (χ4v) is 2.37. The highest BCUT2D eigenvalue weighted by molar-refractivity contribution is 6.30. The maximum absolute atomic E-state index is 6.04. The molecule has 0 saturated carbocycles. The fraction of sp³-hybridized carbons (Fsp3) is 0.429. The van der Waals surface area contributed by atoms with Crippen molar-refractivity contribution in [2.75, 3.05) is 6.54 Å². The molecule has 0 spiro atoms. The second-order valence-electron chi connectivity index (χ2n) is 4.91. The fourth-order valence-electron chi connectivity index (χ4n) is 2.17. The van der Waals surface area contributed by atoms with E-state index in [0.29, 0.717) is 12.6 Å². The molecule has 0 aliphatic rings. The van der Waals surface area contributed by atoms with Gasteiger partial charge in [0.1, 0.15) is 12.2 Å². The normalized spacial score (nSPS) is 12.9. The minimum Gasteiger partial charge on any atom is -0.330 e. The zero-order chi connectivity index (χ0) is 13.8. The van der Waals surface area contributed by atoms with Gasteiger partial charge < -0.3 is 5.73 Å². The molecule has 4 nitrogen and oxygen atoms in total. The molecule has 1 aromatic heterocycles. The van der Waals surface area contributed by atoms with Gasteiger partial charge in [-0.25, -0.2) is 9.67 Å². The van der Waals surface area contributed by atoms with Crippen LogP contribution in [0.2, 0.25) is 5.02 Å². The molecule has 2 N–H and O–H groups in total. The summed E-state index contributed by atoms with van der Waals surface area (Å²) in [5, 5.41) is 4.99. The van der Waals surface area contributed by atoms with E-state index in [1.165, 1.54) is 0 Å². The Kier molecular flexibility index (Phi) is 4.56. The molecule has 0 amide bonds. The number of aromatic nitrogens is 3. The van der Waals surface area contributed by atoms with Crippen molar-refractivity contribution in [3.63, 3.8) is 0 Å². The lowest BCUT2D eigenvalue weighted by Crippen LogP contribution is -2.18. The van der Waals surface area contributed by atoms with Crippen molar-refractivity contribution in [3.05, 3.63) is 47.0 Å². The topological polar surface area (TPSA) is 56.7 Å². The third kappa shape index (κ3) is 3.33. The van der Waals surface area contributed by atoms with Gasteiger partial charge in [0.15, 0.2) is 0 Å². The van der Waals surface area contributed by atoms with Crippen LogP contribution in [0.1, 0.15) is 37.2 Å². The zero-order valence-electron chi connectivity index (χ0n) is 11.3. The van der Waals surface area contributed by atoms with Gasteiger partial charge in [0, 0.05) is 23.4 Å². The van der Waals surface area contributed by atoms with E-state index in [1.807, 2.05) is 22.9 Å². The van der Waals surface area contributed by atoms with E-state index in [0.717, 1.165) is 22.8 Å². The standard InChI is InChI=1S/C14H19ClN4/c1-10(2)19-14(17-9-18-19)7-12(8-16)11-4-3-5-13(15)6-11/h3-6,9-10,12H,7-8,16H2,1-2H3. The van der Waals surface area contributed by atoms with E-state index in [4.69, 9.17) is 17.3 Å². The van der Waals surface area contributed by atoms with E-state index in [9.17, 15) is 0 Å². The maximum atomic E-state index is 6.04. The monoisotopic (exact) mass is 278 g/mol. The molecule has 5 heteroatoms. The van der Waals surface area contributed by atoms with Gasteiger partial charge in [0.05, 0.1) is 0 Å².